The number of carbonyl (C=O) groups is 2. The van der Waals surface area contributed by atoms with E-state index in [0.29, 0.717) is 5.76 Å². The van der Waals surface area contributed by atoms with E-state index in [1.54, 1.807) is 0 Å². The van der Waals surface area contributed by atoms with Crippen LogP contribution in [0.15, 0.2) is 34.9 Å². The Labute approximate surface area is 144 Å². The zero-order chi connectivity index (χ0) is 19.3. The van der Waals surface area contributed by atoms with E-state index in [1.165, 1.54) is 19.3 Å². The van der Waals surface area contributed by atoms with Crippen LogP contribution in [0, 0.1) is 17.0 Å². The van der Waals surface area contributed by atoms with Gasteiger partial charge >= 0.3 is 12.6 Å². The maximum absolute atomic E-state index is 12.4. The van der Waals surface area contributed by atoms with Crippen LogP contribution in [0.3, 0.4) is 0 Å². The number of hydrogen-bond donors (Lipinski definition) is 3. The van der Waals surface area contributed by atoms with Crippen molar-refractivity contribution in [3.05, 3.63) is 52.0 Å². The molecule has 0 aliphatic rings. The molecular weight excluding hydrogens is 358 g/mol. The molecule has 0 atom stereocenters. The van der Waals surface area contributed by atoms with Gasteiger partial charge in [0.05, 0.1) is 22.4 Å². The minimum Gasteiger partial charge on any atom is -0.469 e. The Hall–Kier alpha value is -3.70. The number of amides is 3. The second kappa shape index (κ2) is 7.92. The molecule has 0 saturated heterocycles. The van der Waals surface area contributed by atoms with Crippen LogP contribution < -0.4 is 20.9 Å². The van der Waals surface area contributed by atoms with Crippen molar-refractivity contribution in [3.63, 3.8) is 0 Å². The van der Waals surface area contributed by atoms with E-state index in [2.05, 4.69) is 15.5 Å². The molecule has 12 heteroatoms. The van der Waals surface area contributed by atoms with Gasteiger partial charge in [-0.15, -0.1) is 0 Å². The first-order valence-corrected chi connectivity index (χ1v) is 6.92. The van der Waals surface area contributed by atoms with E-state index >= 15 is 0 Å². The third kappa shape index (κ3) is 4.66. The first-order valence-electron chi connectivity index (χ1n) is 6.92. The number of ether oxygens (including phenoxy) is 1. The van der Waals surface area contributed by atoms with Crippen LogP contribution in [0.25, 0.3) is 0 Å². The standard InChI is InChI=1S/C14H12F2N4O6/c1-7-9(4-5-25-7)12(21)18-19-14(22)17-10-6-8(20(23)24)2-3-11(10)26-13(15)16/h2-6,13H,1H3,(H,18,21)(H2,17,19,22). The lowest BCUT2D eigenvalue weighted by Crippen LogP contribution is -2.44. The fourth-order valence-electron chi connectivity index (χ4n) is 1.88. The summed E-state index contributed by atoms with van der Waals surface area (Å²) < 4.78 is 33.9. The molecule has 3 N–H and O–H groups in total. The van der Waals surface area contributed by atoms with Gasteiger partial charge in [0, 0.05) is 12.1 Å². The fraction of sp³-hybridized carbons (Fsp3) is 0.143. The van der Waals surface area contributed by atoms with Gasteiger partial charge in [0.2, 0.25) is 0 Å². The van der Waals surface area contributed by atoms with Crippen LogP contribution >= 0.6 is 0 Å². The van der Waals surface area contributed by atoms with Gasteiger partial charge in [-0.2, -0.15) is 8.78 Å². The minimum absolute atomic E-state index is 0.169. The number of nitrogens with one attached hydrogen (secondary N) is 3. The summed E-state index contributed by atoms with van der Waals surface area (Å²) in [5.41, 5.74) is 3.36. The second-order valence-electron chi connectivity index (χ2n) is 4.74. The summed E-state index contributed by atoms with van der Waals surface area (Å²) in [5, 5.41) is 12.8. The van der Waals surface area contributed by atoms with E-state index in [-0.39, 0.29) is 11.3 Å². The Morgan fingerprint density at radius 1 is 1.27 bits per heavy atom. The first-order chi connectivity index (χ1) is 12.3. The minimum atomic E-state index is -3.20. The summed E-state index contributed by atoms with van der Waals surface area (Å²) in [4.78, 5) is 33.6. The van der Waals surface area contributed by atoms with Crippen LogP contribution in [-0.2, 0) is 0 Å². The molecule has 138 valence electrons. The lowest BCUT2D eigenvalue weighted by Gasteiger charge is -2.12. The summed E-state index contributed by atoms with van der Waals surface area (Å²) in [6.45, 7) is -1.67. The number of benzene rings is 1. The molecule has 2 rings (SSSR count). The molecule has 0 spiro atoms. The van der Waals surface area contributed by atoms with Crippen molar-refractivity contribution >= 4 is 23.3 Å². The molecule has 0 unspecified atom stereocenters. The van der Waals surface area contributed by atoms with Crippen LogP contribution in [0.2, 0.25) is 0 Å². The number of hydrazine groups is 1. The first kappa shape index (κ1) is 18.6. The molecule has 10 nitrogen and oxygen atoms in total. The number of halogens is 2. The zero-order valence-electron chi connectivity index (χ0n) is 13.1. The molecule has 1 aromatic heterocycles. The SMILES string of the molecule is Cc1occc1C(=O)NNC(=O)Nc1cc([N+](=O)[O-])ccc1OC(F)F. The van der Waals surface area contributed by atoms with Crippen LogP contribution in [-0.4, -0.2) is 23.5 Å². The summed E-state index contributed by atoms with van der Waals surface area (Å²) in [6.07, 6.45) is 1.28. The number of carbonyl (C=O) groups excluding carboxylic acids is 2. The monoisotopic (exact) mass is 370 g/mol. The normalized spacial score (nSPS) is 10.3. The fourth-order valence-corrected chi connectivity index (χ4v) is 1.88. The van der Waals surface area contributed by atoms with Gasteiger partial charge in [0.1, 0.15) is 11.5 Å². The lowest BCUT2D eigenvalue weighted by molar-refractivity contribution is -0.384. The number of nitrogens with zero attached hydrogens (tertiary/aromatic N) is 1. The molecule has 0 saturated carbocycles. The Kier molecular flexibility index (Phi) is 5.67. The smallest absolute Gasteiger partial charge is 0.387 e. The second-order valence-corrected chi connectivity index (χ2v) is 4.74. The average Bonchev–Trinajstić information content (AvgIpc) is 2.99. The largest absolute Gasteiger partial charge is 0.469 e. The van der Waals surface area contributed by atoms with Crippen molar-refractivity contribution < 1.29 is 32.4 Å². The summed E-state index contributed by atoms with van der Waals surface area (Å²) in [7, 11) is 0. The molecule has 3 amide bonds. The lowest BCUT2D eigenvalue weighted by atomic mass is 10.2. The van der Waals surface area contributed by atoms with Crippen molar-refractivity contribution in [2.24, 2.45) is 0 Å². The average molecular weight is 370 g/mol. The summed E-state index contributed by atoms with van der Waals surface area (Å²) >= 11 is 0. The molecule has 26 heavy (non-hydrogen) atoms. The van der Waals surface area contributed by atoms with E-state index in [4.69, 9.17) is 4.42 Å². The summed E-state index contributed by atoms with van der Waals surface area (Å²) in [5.74, 6) is -0.858. The van der Waals surface area contributed by atoms with Gasteiger partial charge in [0.15, 0.2) is 0 Å². The number of hydrogen-bond acceptors (Lipinski definition) is 6. The van der Waals surface area contributed by atoms with E-state index in [1.807, 2.05) is 5.43 Å². The van der Waals surface area contributed by atoms with Crippen molar-refractivity contribution in [2.75, 3.05) is 5.32 Å². The Morgan fingerprint density at radius 3 is 2.58 bits per heavy atom. The number of aryl methyl sites for hydroxylation is 1. The quantitative estimate of drug-likeness (QED) is 0.547. The number of alkyl halides is 2. The van der Waals surface area contributed by atoms with Crippen LogP contribution in [0.1, 0.15) is 16.1 Å². The number of urea groups is 1. The highest BCUT2D eigenvalue weighted by atomic mass is 19.3. The molecule has 0 aliphatic carbocycles. The highest BCUT2D eigenvalue weighted by molar-refractivity contribution is 5.98. The molecular formula is C14H12F2N4O6. The molecule has 0 fully saturated rings. The van der Waals surface area contributed by atoms with Crippen molar-refractivity contribution in [1.82, 2.24) is 10.9 Å². The van der Waals surface area contributed by atoms with Crippen molar-refractivity contribution in [1.29, 1.82) is 0 Å². The molecule has 0 aliphatic heterocycles. The van der Waals surface area contributed by atoms with Gasteiger partial charge < -0.3 is 14.5 Å². The maximum Gasteiger partial charge on any atom is 0.387 e. The van der Waals surface area contributed by atoms with Crippen LogP contribution in [0.4, 0.5) is 25.0 Å². The van der Waals surface area contributed by atoms with Gasteiger partial charge in [-0.1, -0.05) is 0 Å². The summed E-state index contributed by atoms with van der Waals surface area (Å²) in [6, 6.07) is 3.01. The van der Waals surface area contributed by atoms with Crippen LogP contribution in [0.5, 0.6) is 5.75 Å². The molecule has 1 heterocycles. The predicted octanol–water partition coefficient (Wildman–Crippen LogP) is 2.56. The van der Waals surface area contributed by atoms with Gasteiger partial charge in [-0.25, -0.2) is 10.2 Å². The number of nitro benzene ring substituents is 1. The number of rotatable bonds is 5. The highest BCUT2D eigenvalue weighted by Gasteiger charge is 2.17. The topological polar surface area (TPSA) is 136 Å². The Morgan fingerprint density at radius 2 is 2.00 bits per heavy atom. The third-order valence-electron chi connectivity index (χ3n) is 3.03. The highest BCUT2D eigenvalue weighted by Crippen LogP contribution is 2.30. The number of anilines is 1. The third-order valence-corrected chi connectivity index (χ3v) is 3.03. The van der Waals surface area contributed by atoms with Crippen molar-refractivity contribution in [3.8, 4) is 5.75 Å². The van der Waals surface area contributed by atoms with Gasteiger partial charge in [-0.05, 0) is 19.1 Å². The van der Waals surface area contributed by atoms with Gasteiger partial charge in [0.25, 0.3) is 11.6 Å². The molecule has 0 bridgehead atoms. The number of non-ortho nitro benzene ring substituents is 1. The van der Waals surface area contributed by atoms with E-state index < -0.39 is 34.9 Å². The number of nitro groups is 1. The van der Waals surface area contributed by atoms with E-state index in [9.17, 15) is 28.5 Å². The van der Waals surface area contributed by atoms with Gasteiger partial charge in [-0.3, -0.25) is 20.3 Å². The Bertz CT molecular complexity index is 839. The molecule has 1 aromatic carbocycles. The van der Waals surface area contributed by atoms with Crippen molar-refractivity contribution in [2.45, 2.75) is 13.5 Å². The molecule has 0 radical (unpaired) electrons. The predicted molar refractivity (Wildman–Crippen MR) is 82.8 cm³/mol. The molecule has 2 aromatic rings. The zero-order valence-corrected chi connectivity index (χ0v) is 13.1. The Balaban J connectivity index is 2.07. The van der Waals surface area contributed by atoms with E-state index in [0.717, 1.165) is 18.2 Å². The maximum atomic E-state index is 12.4. The number of furan rings is 1.